The number of halogens is 4. The van der Waals surface area contributed by atoms with E-state index < -0.39 is 29.5 Å². The number of hydrogen-bond donors (Lipinski definition) is 2. The fraction of sp³-hybridized carbons (Fsp3) is 0.571. The average Bonchev–Trinajstić information content (AvgIpc) is 3.15. The number of ether oxygens (including phenoxy) is 1. The maximum Gasteiger partial charge on any atom is 0.471 e. The lowest BCUT2D eigenvalue weighted by Gasteiger charge is -2.29. The summed E-state index contributed by atoms with van der Waals surface area (Å²) in [5.41, 5.74) is 0.269. The molecule has 0 saturated heterocycles. The Morgan fingerprint density at radius 2 is 1.97 bits per heavy atom. The molecule has 3 rings (SSSR count). The third-order valence-electron chi connectivity index (χ3n) is 5.60. The number of anilines is 2. The number of carbonyl (C=O) groups is 1. The van der Waals surface area contributed by atoms with Gasteiger partial charge in [0.05, 0.1) is 36.5 Å². The van der Waals surface area contributed by atoms with Gasteiger partial charge in [0.15, 0.2) is 0 Å². The molecule has 34 heavy (non-hydrogen) atoms. The van der Waals surface area contributed by atoms with Crippen molar-refractivity contribution in [1.82, 2.24) is 25.1 Å². The second kappa shape index (κ2) is 9.82. The van der Waals surface area contributed by atoms with Crippen molar-refractivity contribution in [2.45, 2.75) is 64.2 Å². The summed E-state index contributed by atoms with van der Waals surface area (Å²) < 4.78 is 58.4. The summed E-state index contributed by atoms with van der Waals surface area (Å²) in [5.74, 6) is -2.89. The van der Waals surface area contributed by atoms with Gasteiger partial charge in [-0.1, -0.05) is 0 Å². The molecule has 1 aliphatic carbocycles. The van der Waals surface area contributed by atoms with Crippen LogP contribution in [0.4, 0.5) is 29.2 Å². The Bertz CT molecular complexity index is 1070. The number of rotatable bonds is 7. The Labute approximate surface area is 193 Å². The Kier molecular flexibility index (Phi) is 7.28. The number of amides is 1. The molecule has 184 valence electrons. The standard InChI is InChI=1S/C21H25F4N7O2/c1-12-16(9-32(31-12)20(2,3)11-26)29-19-27-8-15(22)17(30-19)34-10-13-4-6-14(7-5-13)28-18(33)21(23,24)25/h8-9,13-14H,4-7,10H2,1-3H3,(H,28,33)(H,27,29,30)/t13-,14-. The summed E-state index contributed by atoms with van der Waals surface area (Å²) in [7, 11) is 0. The number of hydrogen-bond acceptors (Lipinski definition) is 7. The maximum absolute atomic E-state index is 14.2. The molecule has 13 heteroatoms. The van der Waals surface area contributed by atoms with E-state index in [1.165, 1.54) is 4.68 Å². The summed E-state index contributed by atoms with van der Waals surface area (Å²) in [6, 6.07) is 1.60. The molecule has 2 aromatic rings. The van der Waals surface area contributed by atoms with Crippen molar-refractivity contribution in [3.8, 4) is 11.9 Å². The van der Waals surface area contributed by atoms with Gasteiger partial charge < -0.3 is 15.4 Å². The number of nitrogens with zero attached hydrogens (tertiary/aromatic N) is 5. The van der Waals surface area contributed by atoms with Crippen LogP contribution in [0.1, 0.15) is 45.2 Å². The van der Waals surface area contributed by atoms with E-state index in [1.807, 2.05) is 5.32 Å². The zero-order valence-electron chi connectivity index (χ0n) is 18.9. The molecule has 0 radical (unpaired) electrons. The molecule has 1 saturated carbocycles. The Morgan fingerprint density at radius 3 is 2.59 bits per heavy atom. The highest BCUT2D eigenvalue weighted by Crippen LogP contribution is 2.28. The van der Waals surface area contributed by atoms with Gasteiger partial charge in [0.1, 0.15) is 5.54 Å². The summed E-state index contributed by atoms with van der Waals surface area (Å²) >= 11 is 0. The topological polar surface area (TPSA) is 118 Å². The molecule has 0 atom stereocenters. The largest absolute Gasteiger partial charge is 0.475 e. The SMILES string of the molecule is Cc1nn(C(C)(C)C#N)cc1Nc1ncc(F)c(OC[C@H]2CC[C@H](NC(=O)C(F)(F)F)CC2)n1. The molecule has 0 bridgehead atoms. The number of aryl methyl sites for hydroxylation is 1. The van der Waals surface area contributed by atoms with E-state index in [0.717, 1.165) is 6.20 Å². The fourth-order valence-electron chi connectivity index (χ4n) is 3.49. The molecule has 2 heterocycles. The highest BCUT2D eigenvalue weighted by atomic mass is 19.4. The fourth-order valence-corrected chi connectivity index (χ4v) is 3.49. The second-order valence-corrected chi connectivity index (χ2v) is 8.72. The van der Waals surface area contributed by atoms with Crippen molar-refractivity contribution in [2.24, 2.45) is 5.92 Å². The number of alkyl halides is 3. The minimum atomic E-state index is -4.90. The predicted molar refractivity (Wildman–Crippen MR) is 113 cm³/mol. The van der Waals surface area contributed by atoms with E-state index in [2.05, 4.69) is 26.5 Å². The summed E-state index contributed by atoms with van der Waals surface area (Å²) in [6.07, 6.45) is -0.524. The van der Waals surface area contributed by atoms with Crippen molar-refractivity contribution < 1.29 is 27.1 Å². The molecule has 1 amide bonds. The summed E-state index contributed by atoms with van der Waals surface area (Å²) in [6.45, 7) is 5.28. The lowest BCUT2D eigenvalue weighted by atomic mass is 9.86. The van der Waals surface area contributed by atoms with Crippen LogP contribution in [0.5, 0.6) is 5.88 Å². The van der Waals surface area contributed by atoms with Gasteiger partial charge in [0.2, 0.25) is 11.8 Å². The number of aromatic nitrogens is 4. The number of nitriles is 1. The van der Waals surface area contributed by atoms with Gasteiger partial charge >= 0.3 is 12.1 Å². The van der Waals surface area contributed by atoms with E-state index in [0.29, 0.717) is 37.1 Å². The molecule has 1 fully saturated rings. The van der Waals surface area contributed by atoms with Gasteiger partial charge in [-0.05, 0) is 52.4 Å². The van der Waals surface area contributed by atoms with Crippen LogP contribution in [-0.2, 0) is 10.3 Å². The Hall–Kier alpha value is -3.43. The molecule has 9 nitrogen and oxygen atoms in total. The molecule has 0 aliphatic heterocycles. The highest BCUT2D eigenvalue weighted by Gasteiger charge is 2.40. The third-order valence-corrected chi connectivity index (χ3v) is 5.60. The van der Waals surface area contributed by atoms with E-state index in [-0.39, 0.29) is 24.4 Å². The van der Waals surface area contributed by atoms with Crippen LogP contribution in [0, 0.1) is 30.0 Å². The molecular formula is C21H25F4N7O2. The quantitative estimate of drug-likeness (QED) is 0.576. The second-order valence-electron chi connectivity index (χ2n) is 8.72. The zero-order chi connectivity index (χ0) is 25.1. The smallest absolute Gasteiger partial charge is 0.471 e. The lowest BCUT2D eigenvalue weighted by molar-refractivity contribution is -0.174. The third kappa shape index (κ3) is 6.12. The van der Waals surface area contributed by atoms with Gasteiger partial charge in [-0.2, -0.15) is 32.9 Å². The molecule has 0 unspecified atom stereocenters. The van der Waals surface area contributed by atoms with E-state index in [4.69, 9.17) is 4.74 Å². The first-order chi connectivity index (χ1) is 15.9. The van der Waals surface area contributed by atoms with Gasteiger partial charge in [0.25, 0.3) is 5.88 Å². The first-order valence-corrected chi connectivity index (χ1v) is 10.7. The van der Waals surface area contributed by atoms with Crippen LogP contribution >= 0.6 is 0 Å². The summed E-state index contributed by atoms with van der Waals surface area (Å²) in [4.78, 5) is 19.0. The van der Waals surface area contributed by atoms with E-state index in [1.54, 1.807) is 27.0 Å². The van der Waals surface area contributed by atoms with E-state index in [9.17, 15) is 27.6 Å². The Morgan fingerprint density at radius 1 is 1.29 bits per heavy atom. The van der Waals surface area contributed by atoms with Crippen LogP contribution in [-0.4, -0.2) is 44.5 Å². The van der Waals surface area contributed by atoms with Crippen molar-refractivity contribution in [3.63, 3.8) is 0 Å². The van der Waals surface area contributed by atoms with Crippen molar-refractivity contribution in [1.29, 1.82) is 5.26 Å². The molecule has 1 aliphatic rings. The molecule has 0 spiro atoms. The van der Waals surface area contributed by atoms with E-state index >= 15 is 0 Å². The van der Waals surface area contributed by atoms with Crippen LogP contribution < -0.4 is 15.4 Å². The van der Waals surface area contributed by atoms with Crippen LogP contribution in [0.25, 0.3) is 0 Å². The molecule has 0 aromatic carbocycles. The monoisotopic (exact) mass is 483 g/mol. The van der Waals surface area contributed by atoms with Gasteiger partial charge in [0, 0.05) is 6.04 Å². The maximum atomic E-state index is 14.2. The molecule has 2 N–H and O–H groups in total. The lowest BCUT2D eigenvalue weighted by Crippen LogP contribution is -2.44. The predicted octanol–water partition coefficient (Wildman–Crippen LogP) is 3.74. The number of nitrogens with one attached hydrogen (secondary N) is 2. The first-order valence-electron chi connectivity index (χ1n) is 10.7. The minimum absolute atomic E-state index is 0.0153. The normalized spacial score (nSPS) is 18.8. The van der Waals surface area contributed by atoms with Gasteiger partial charge in [-0.25, -0.2) is 4.98 Å². The van der Waals surface area contributed by atoms with Crippen molar-refractivity contribution in [3.05, 3.63) is 23.9 Å². The van der Waals surface area contributed by atoms with Crippen LogP contribution in [0.2, 0.25) is 0 Å². The van der Waals surface area contributed by atoms with Crippen LogP contribution in [0.15, 0.2) is 12.4 Å². The highest BCUT2D eigenvalue weighted by molar-refractivity contribution is 5.81. The van der Waals surface area contributed by atoms with Gasteiger partial charge in [-0.3, -0.25) is 9.48 Å². The zero-order valence-corrected chi connectivity index (χ0v) is 18.9. The van der Waals surface area contributed by atoms with Crippen molar-refractivity contribution >= 4 is 17.5 Å². The summed E-state index contributed by atoms with van der Waals surface area (Å²) in [5, 5.41) is 18.5. The molecular weight excluding hydrogens is 458 g/mol. The average molecular weight is 483 g/mol. The van der Waals surface area contributed by atoms with Crippen molar-refractivity contribution in [2.75, 3.05) is 11.9 Å². The first kappa shape index (κ1) is 25.2. The number of carbonyl (C=O) groups excluding carboxylic acids is 1. The molecule has 2 aromatic heterocycles. The van der Waals surface area contributed by atoms with Gasteiger partial charge in [-0.15, -0.1) is 0 Å². The van der Waals surface area contributed by atoms with Crippen LogP contribution in [0.3, 0.4) is 0 Å². The Balaban J connectivity index is 1.57. The minimum Gasteiger partial charge on any atom is -0.475 e.